The third-order valence-corrected chi connectivity index (χ3v) is 2.80. The average molecular weight is 258 g/mol. The molecule has 0 aliphatic rings. The van der Waals surface area contributed by atoms with Crippen LogP contribution < -0.4 is 11.1 Å². The molecule has 2 aromatic rings. The van der Waals surface area contributed by atoms with Crippen molar-refractivity contribution >= 4 is 16.7 Å². The lowest BCUT2D eigenvalue weighted by Gasteiger charge is -2.07. The van der Waals surface area contributed by atoms with Gasteiger partial charge in [-0.05, 0) is 17.5 Å². The predicted molar refractivity (Wildman–Crippen MR) is 74.4 cm³/mol. The number of benzene rings is 2. The summed E-state index contributed by atoms with van der Waals surface area (Å²) < 4.78 is 13.6. The van der Waals surface area contributed by atoms with Gasteiger partial charge in [0.2, 0.25) is 0 Å². The van der Waals surface area contributed by atoms with Gasteiger partial charge in [0, 0.05) is 24.0 Å². The van der Waals surface area contributed by atoms with Crippen LogP contribution in [-0.4, -0.2) is 19.0 Å². The van der Waals surface area contributed by atoms with E-state index < -0.39 is 0 Å². The summed E-state index contributed by atoms with van der Waals surface area (Å²) >= 11 is 0. The molecule has 0 aromatic heterocycles. The van der Waals surface area contributed by atoms with Gasteiger partial charge in [0.15, 0.2) is 0 Å². The van der Waals surface area contributed by atoms with Crippen molar-refractivity contribution < 1.29 is 9.18 Å². The lowest BCUT2D eigenvalue weighted by Crippen LogP contribution is -2.23. The van der Waals surface area contributed by atoms with Crippen molar-refractivity contribution in [1.82, 2.24) is 5.32 Å². The molecule has 0 saturated heterocycles. The smallest absolute Gasteiger partial charge is 0.252 e. The van der Waals surface area contributed by atoms with Gasteiger partial charge in [0.05, 0.1) is 0 Å². The van der Waals surface area contributed by atoms with E-state index in [1.807, 2.05) is 0 Å². The van der Waals surface area contributed by atoms with Crippen LogP contribution in [0.3, 0.4) is 0 Å². The molecule has 0 aliphatic heterocycles. The van der Waals surface area contributed by atoms with E-state index in [-0.39, 0.29) is 11.7 Å². The number of carbonyl (C=O) groups is 1. The molecule has 3 N–H and O–H groups in total. The van der Waals surface area contributed by atoms with Crippen LogP contribution in [0.1, 0.15) is 10.4 Å². The van der Waals surface area contributed by atoms with Crippen molar-refractivity contribution in [3.8, 4) is 0 Å². The molecule has 4 heteroatoms. The largest absolute Gasteiger partial charge is 0.349 e. The van der Waals surface area contributed by atoms with E-state index in [1.54, 1.807) is 36.4 Å². The van der Waals surface area contributed by atoms with Gasteiger partial charge in [-0.1, -0.05) is 36.4 Å². The zero-order chi connectivity index (χ0) is 13.7. The molecule has 19 heavy (non-hydrogen) atoms. The normalized spacial score (nSPS) is 11.1. The minimum Gasteiger partial charge on any atom is -0.349 e. The number of hydrogen-bond acceptors (Lipinski definition) is 2. The summed E-state index contributed by atoms with van der Waals surface area (Å²) in [7, 11) is 0. The lowest BCUT2D eigenvalue weighted by atomic mass is 10.0. The van der Waals surface area contributed by atoms with Crippen LogP contribution >= 0.6 is 0 Å². The average Bonchev–Trinajstić information content (AvgIpc) is 2.44. The number of amides is 1. The molecule has 0 bridgehead atoms. The first-order chi connectivity index (χ1) is 9.24. The summed E-state index contributed by atoms with van der Waals surface area (Å²) in [6, 6.07) is 9.75. The Labute approximate surface area is 110 Å². The summed E-state index contributed by atoms with van der Waals surface area (Å²) in [5.41, 5.74) is 5.78. The van der Waals surface area contributed by atoms with E-state index >= 15 is 0 Å². The molecule has 2 rings (SSSR count). The SMILES string of the molecule is NC/C=C/CNC(=O)c1ccc(F)c2ccccc12. The minimum absolute atomic E-state index is 0.224. The van der Waals surface area contributed by atoms with Gasteiger partial charge in [-0.3, -0.25) is 4.79 Å². The van der Waals surface area contributed by atoms with Crippen molar-refractivity contribution in [3.63, 3.8) is 0 Å². The molecule has 3 nitrogen and oxygen atoms in total. The van der Waals surface area contributed by atoms with Crippen LogP contribution in [0.15, 0.2) is 48.6 Å². The molecule has 1 amide bonds. The highest BCUT2D eigenvalue weighted by Crippen LogP contribution is 2.21. The Balaban J connectivity index is 2.27. The molecular formula is C15H15FN2O. The quantitative estimate of drug-likeness (QED) is 0.826. The maximum Gasteiger partial charge on any atom is 0.252 e. The van der Waals surface area contributed by atoms with Crippen molar-refractivity contribution in [3.05, 3.63) is 59.9 Å². The first-order valence-corrected chi connectivity index (χ1v) is 6.04. The van der Waals surface area contributed by atoms with Gasteiger partial charge in [-0.25, -0.2) is 4.39 Å². The molecule has 0 heterocycles. The molecule has 98 valence electrons. The fraction of sp³-hybridized carbons (Fsp3) is 0.133. The minimum atomic E-state index is -0.324. The summed E-state index contributed by atoms with van der Waals surface area (Å²) in [5.74, 6) is -0.548. The van der Waals surface area contributed by atoms with Gasteiger partial charge in [-0.2, -0.15) is 0 Å². The Morgan fingerprint density at radius 2 is 1.89 bits per heavy atom. The Bertz CT molecular complexity index is 623. The Morgan fingerprint density at radius 3 is 2.63 bits per heavy atom. The highest BCUT2D eigenvalue weighted by molar-refractivity contribution is 6.07. The van der Waals surface area contributed by atoms with Crippen LogP contribution in [0.4, 0.5) is 4.39 Å². The number of nitrogens with two attached hydrogens (primary N) is 1. The molecule has 0 radical (unpaired) electrons. The molecule has 0 fully saturated rings. The van der Waals surface area contributed by atoms with Crippen LogP contribution in [0, 0.1) is 5.82 Å². The van der Waals surface area contributed by atoms with E-state index in [1.165, 1.54) is 12.1 Å². The zero-order valence-corrected chi connectivity index (χ0v) is 10.4. The second-order valence-electron chi connectivity index (χ2n) is 4.06. The predicted octanol–water partition coefficient (Wildman–Crippen LogP) is 2.22. The Kier molecular flexibility index (Phi) is 4.26. The maximum absolute atomic E-state index is 13.6. The first kappa shape index (κ1) is 13.2. The van der Waals surface area contributed by atoms with Crippen molar-refractivity contribution in [1.29, 1.82) is 0 Å². The lowest BCUT2D eigenvalue weighted by molar-refractivity contribution is 0.0959. The Morgan fingerprint density at radius 1 is 1.16 bits per heavy atom. The number of hydrogen-bond donors (Lipinski definition) is 2. The molecular weight excluding hydrogens is 243 g/mol. The van der Waals surface area contributed by atoms with Crippen LogP contribution in [0.2, 0.25) is 0 Å². The number of carbonyl (C=O) groups excluding carboxylic acids is 1. The fourth-order valence-corrected chi connectivity index (χ4v) is 1.89. The molecule has 0 saturated carbocycles. The summed E-state index contributed by atoms with van der Waals surface area (Å²) in [4.78, 5) is 12.0. The number of nitrogens with one attached hydrogen (secondary N) is 1. The Hall–Kier alpha value is -2.20. The van der Waals surface area contributed by atoms with Crippen LogP contribution in [-0.2, 0) is 0 Å². The number of halogens is 1. The second-order valence-corrected chi connectivity index (χ2v) is 4.06. The second kappa shape index (κ2) is 6.11. The van der Waals surface area contributed by atoms with Crippen LogP contribution in [0.5, 0.6) is 0 Å². The topological polar surface area (TPSA) is 55.1 Å². The molecule has 0 spiro atoms. The van der Waals surface area contributed by atoms with Crippen molar-refractivity contribution in [2.24, 2.45) is 5.73 Å². The summed E-state index contributed by atoms with van der Waals surface area (Å²) in [5, 5.41) is 3.81. The van der Waals surface area contributed by atoms with Gasteiger partial charge in [0.25, 0.3) is 5.91 Å². The molecule has 0 aliphatic carbocycles. The highest BCUT2D eigenvalue weighted by atomic mass is 19.1. The van der Waals surface area contributed by atoms with E-state index in [0.29, 0.717) is 29.4 Å². The maximum atomic E-state index is 13.6. The van der Waals surface area contributed by atoms with Crippen molar-refractivity contribution in [2.75, 3.05) is 13.1 Å². The third-order valence-electron chi connectivity index (χ3n) is 2.80. The monoisotopic (exact) mass is 258 g/mol. The first-order valence-electron chi connectivity index (χ1n) is 6.04. The van der Waals surface area contributed by atoms with E-state index in [0.717, 1.165) is 0 Å². The fourth-order valence-electron chi connectivity index (χ4n) is 1.89. The third kappa shape index (κ3) is 2.98. The van der Waals surface area contributed by atoms with Gasteiger partial charge < -0.3 is 11.1 Å². The van der Waals surface area contributed by atoms with E-state index in [4.69, 9.17) is 5.73 Å². The summed E-state index contributed by atoms with van der Waals surface area (Å²) in [6.45, 7) is 0.844. The van der Waals surface area contributed by atoms with Crippen molar-refractivity contribution in [2.45, 2.75) is 0 Å². The van der Waals surface area contributed by atoms with E-state index in [9.17, 15) is 9.18 Å². The number of fused-ring (bicyclic) bond motifs is 1. The molecule has 0 atom stereocenters. The standard InChI is InChI=1S/C15H15FN2O/c16-14-8-7-13(11-5-1-2-6-12(11)14)15(19)18-10-4-3-9-17/h1-8H,9-10,17H2,(H,18,19)/b4-3+. The van der Waals surface area contributed by atoms with Crippen LogP contribution in [0.25, 0.3) is 10.8 Å². The molecule has 2 aromatic carbocycles. The molecule has 0 unspecified atom stereocenters. The van der Waals surface area contributed by atoms with Gasteiger partial charge in [0.1, 0.15) is 5.82 Å². The van der Waals surface area contributed by atoms with Gasteiger partial charge in [-0.15, -0.1) is 0 Å². The zero-order valence-electron chi connectivity index (χ0n) is 10.4. The van der Waals surface area contributed by atoms with Gasteiger partial charge >= 0.3 is 0 Å². The van der Waals surface area contributed by atoms with E-state index in [2.05, 4.69) is 5.32 Å². The summed E-state index contributed by atoms with van der Waals surface area (Å²) in [6.07, 6.45) is 3.55. The number of rotatable bonds is 4. The highest BCUT2D eigenvalue weighted by Gasteiger charge is 2.11.